The minimum Gasteiger partial charge on any atom is -0.505 e. The molecule has 0 spiro atoms. The number of carbonyl (C=O) groups excluding carboxylic acids is 2. The summed E-state index contributed by atoms with van der Waals surface area (Å²) in [6.07, 6.45) is 2.76. The second-order valence-corrected chi connectivity index (χ2v) is 9.47. The third-order valence-electron chi connectivity index (χ3n) is 7.31. The Labute approximate surface area is 210 Å². The van der Waals surface area contributed by atoms with E-state index >= 15 is 0 Å². The number of ketones is 1. The van der Waals surface area contributed by atoms with Gasteiger partial charge in [0.05, 0.1) is 30.5 Å². The van der Waals surface area contributed by atoms with E-state index in [1.807, 2.05) is 60.8 Å². The van der Waals surface area contributed by atoms with Gasteiger partial charge >= 0.3 is 0 Å². The Kier molecular flexibility index (Phi) is 6.64. The first-order valence-corrected chi connectivity index (χ1v) is 12.5. The van der Waals surface area contributed by atoms with Crippen molar-refractivity contribution in [3.8, 4) is 0 Å². The van der Waals surface area contributed by atoms with Crippen molar-refractivity contribution in [2.75, 3.05) is 39.4 Å². The number of rotatable bonds is 6. The van der Waals surface area contributed by atoms with E-state index in [0.717, 1.165) is 36.2 Å². The number of carbonyl (C=O) groups is 2. The smallest absolute Gasteiger partial charge is 0.295 e. The van der Waals surface area contributed by atoms with E-state index in [1.165, 1.54) is 0 Å². The van der Waals surface area contributed by atoms with Gasteiger partial charge in [-0.1, -0.05) is 37.3 Å². The van der Waals surface area contributed by atoms with Crippen LogP contribution in [0.4, 0.5) is 0 Å². The molecule has 1 atom stereocenters. The molecular formula is C28H32N4O4. The van der Waals surface area contributed by atoms with Gasteiger partial charge in [-0.2, -0.15) is 0 Å². The molecule has 0 saturated carbocycles. The molecule has 2 aliphatic rings. The number of Topliss-reactive ketones (excluding diaryl/α,β-unsaturated/α-hetero) is 1. The summed E-state index contributed by atoms with van der Waals surface area (Å²) >= 11 is 0. The molecular weight excluding hydrogens is 456 g/mol. The molecule has 5 rings (SSSR count). The zero-order valence-corrected chi connectivity index (χ0v) is 21.0. The molecule has 1 aromatic carbocycles. The summed E-state index contributed by atoms with van der Waals surface area (Å²) in [7, 11) is 0. The van der Waals surface area contributed by atoms with E-state index in [0.29, 0.717) is 43.3 Å². The molecule has 2 fully saturated rings. The van der Waals surface area contributed by atoms with E-state index in [2.05, 4.69) is 16.8 Å². The number of aromatic nitrogens is 2. The number of hydrogen-bond acceptors (Lipinski definition) is 6. The van der Waals surface area contributed by atoms with Gasteiger partial charge in [-0.3, -0.25) is 14.5 Å². The Morgan fingerprint density at radius 2 is 1.81 bits per heavy atom. The lowest BCUT2D eigenvalue weighted by molar-refractivity contribution is -0.140. The molecule has 188 valence electrons. The number of hydrogen-bond donors (Lipinski definition) is 1. The number of aliphatic hydroxyl groups excluding tert-OH is 1. The fourth-order valence-electron chi connectivity index (χ4n) is 5.14. The number of aliphatic hydroxyl groups is 1. The minimum absolute atomic E-state index is 0.0929. The highest BCUT2D eigenvalue weighted by molar-refractivity contribution is 6.46. The van der Waals surface area contributed by atoms with Gasteiger partial charge in [0.25, 0.3) is 11.7 Å². The highest BCUT2D eigenvalue weighted by atomic mass is 16.5. The van der Waals surface area contributed by atoms with Crippen LogP contribution in [0.1, 0.15) is 41.0 Å². The monoisotopic (exact) mass is 488 g/mol. The van der Waals surface area contributed by atoms with Gasteiger partial charge in [-0.15, -0.1) is 0 Å². The van der Waals surface area contributed by atoms with E-state index in [1.54, 1.807) is 4.90 Å². The molecule has 1 amide bonds. The normalized spacial score (nSPS) is 20.5. The number of nitrogens with zero attached hydrogens (tertiary/aromatic N) is 4. The van der Waals surface area contributed by atoms with E-state index < -0.39 is 17.7 Å². The summed E-state index contributed by atoms with van der Waals surface area (Å²) in [5.74, 6) is -1.49. The van der Waals surface area contributed by atoms with Crippen molar-refractivity contribution in [3.05, 3.63) is 76.2 Å². The van der Waals surface area contributed by atoms with Crippen molar-refractivity contribution in [1.29, 1.82) is 0 Å². The summed E-state index contributed by atoms with van der Waals surface area (Å²) in [6, 6.07) is 11.1. The van der Waals surface area contributed by atoms with E-state index in [9.17, 15) is 14.7 Å². The summed E-state index contributed by atoms with van der Waals surface area (Å²) in [6.45, 7) is 9.80. The Morgan fingerprint density at radius 1 is 1.08 bits per heavy atom. The van der Waals surface area contributed by atoms with Crippen molar-refractivity contribution < 1.29 is 19.4 Å². The van der Waals surface area contributed by atoms with Crippen LogP contribution in [0.25, 0.3) is 11.4 Å². The standard InChI is InChI=1S/C28H32N4O4/c1-4-20-7-9-21(10-8-20)24-22(25(33)23-19(3)31-11-5-6-18(2)27(31)29-23)26(34)28(35)32(24)13-12-30-14-16-36-17-15-30/h5-11,24,33H,4,12-17H2,1-3H3/b25-22+. The van der Waals surface area contributed by atoms with Crippen molar-refractivity contribution >= 4 is 23.1 Å². The van der Waals surface area contributed by atoms with Crippen LogP contribution in [-0.4, -0.2) is 75.4 Å². The summed E-state index contributed by atoms with van der Waals surface area (Å²) in [4.78, 5) is 35.2. The first kappa shape index (κ1) is 24.2. The highest BCUT2D eigenvalue weighted by Gasteiger charge is 2.46. The highest BCUT2D eigenvalue weighted by Crippen LogP contribution is 2.40. The molecule has 0 radical (unpaired) electrons. The van der Waals surface area contributed by atoms with Gasteiger partial charge in [0.15, 0.2) is 5.76 Å². The number of fused-ring (bicyclic) bond motifs is 1. The molecule has 0 aliphatic carbocycles. The van der Waals surface area contributed by atoms with E-state index in [-0.39, 0.29) is 11.3 Å². The number of likely N-dealkylation sites (tertiary alicyclic amines) is 1. The number of amides is 1. The van der Waals surface area contributed by atoms with Crippen LogP contribution in [0.3, 0.4) is 0 Å². The SMILES string of the molecule is CCc1ccc(C2/C(=C(\O)c3nc4c(C)cccn4c3C)C(=O)C(=O)N2CCN2CCOCC2)cc1. The zero-order valence-electron chi connectivity index (χ0n) is 21.0. The lowest BCUT2D eigenvalue weighted by Crippen LogP contribution is -2.42. The third kappa shape index (κ3) is 4.20. The predicted molar refractivity (Wildman–Crippen MR) is 137 cm³/mol. The van der Waals surface area contributed by atoms with Gasteiger partial charge in [0.1, 0.15) is 11.3 Å². The second kappa shape index (κ2) is 9.87. The van der Waals surface area contributed by atoms with Crippen LogP contribution in [-0.2, 0) is 20.7 Å². The number of imidazole rings is 1. The molecule has 2 aliphatic heterocycles. The van der Waals surface area contributed by atoms with Gasteiger partial charge < -0.3 is 19.1 Å². The van der Waals surface area contributed by atoms with Crippen molar-refractivity contribution in [2.24, 2.45) is 0 Å². The molecule has 4 heterocycles. The molecule has 3 aromatic rings. The van der Waals surface area contributed by atoms with Gasteiger partial charge in [-0.25, -0.2) is 4.98 Å². The van der Waals surface area contributed by atoms with Crippen LogP contribution in [0.15, 0.2) is 48.2 Å². The second-order valence-electron chi connectivity index (χ2n) is 9.47. The van der Waals surface area contributed by atoms with Crippen LogP contribution in [0, 0.1) is 13.8 Å². The molecule has 8 nitrogen and oxygen atoms in total. The molecule has 8 heteroatoms. The fourth-order valence-corrected chi connectivity index (χ4v) is 5.14. The van der Waals surface area contributed by atoms with Crippen LogP contribution >= 0.6 is 0 Å². The average molecular weight is 489 g/mol. The lowest BCUT2D eigenvalue weighted by atomic mass is 9.95. The molecule has 1 N–H and O–H groups in total. The van der Waals surface area contributed by atoms with E-state index in [4.69, 9.17) is 4.74 Å². The maximum Gasteiger partial charge on any atom is 0.295 e. The average Bonchev–Trinajstić information content (AvgIpc) is 3.37. The maximum absolute atomic E-state index is 13.4. The number of aryl methyl sites for hydroxylation is 3. The Hall–Kier alpha value is -3.49. The largest absolute Gasteiger partial charge is 0.505 e. The van der Waals surface area contributed by atoms with Crippen LogP contribution in [0.2, 0.25) is 0 Å². The summed E-state index contributed by atoms with van der Waals surface area (Å²) in [5, 5.41) is 11.5. The Bertz CT molecular complexity index is 1340. The first-order valence-electron chi connectivity index (χ1n) is 12.5. The topological polar surface area (TPSA) is 87.4 Å². The van der Waals surface area contributed by atoms with Crippen molar-refractivity contribution in [2.45, 2.75) is 33.2 Å². The number of pyridine rings is 1. The Balaban J connectivity index is 1.60. The molecule has 2 saturated heterocycles. The van der Waals surface area contributed by atoms with Crippen molar-refractivity contribution in [1.82, 2.24) is 19.2 Å². The molecule has 1 unspecified atom stereocenters. The lowest BCUT2D eigenvalue weighted by Gasteiger charge is -2.31. The van der Waals surface area contributed by atoms with Crippen LogP contribution in [0.5, 0.6) is 0 Å². The number of morpholine rings is 1. The van der Waals surface area contributed by atoms with Gasteiger partial charge in [0.2, 0.25) is 0 Å². The van der Waals surface area contributed by atoms with Crippen LogP contribution < -0.4 is 0 Å². The predicted octanol–water partition coefficient (Wildman–Crippen LogP) is 3.27. The quantitative estimate of drug-likeness (QED) is 0.326. The van der Waals surface area contributed by atoms with Gasteiger partial charge in [-0.05, 0) is 43.0 Å². The number of benzene rings is 1. The summed E-state index contributed by atoms with van der Waals surface area (Å²) < 4.78 is 7.33. The summed E-state index contributed by atoms with van der Waals surface area (Å²) in [5.41, 5.74) is 4.76. The molecule has 36 heavy (non-hydrogen) atoms. The minimum atomic E-state index is -0.678. The third-order valence-corrected chi connectivity index (χ3v) is 7.31. The Morgan fingerprint density at radius 3 is 2.47 bits per heavy atom. The fraction of sp³-hybridized carbons (Fsp3) is 0.393. The number of ether oxygens (including phenoxy) is 1. The molecule has 0 bridgehead atoms. The first-order chi connectivity index (χ1) is 17.4. The maximum atomic E-state index is 13.4. The van der Waals surface area contributed by atoms with Crippen molar-refractivity contribution in [3.63, 3.8) is 0 Å². The zero-order chi connectivity index (χ0) is 25.4. The van der Waals surface area contributed by atoms with Gasteiger partial charge in [0, 0.05) is 32.4 Å². The molecule has 2 aromatic heterocycles.